The van der Waals surface area contributed by atoms with Crippen molar-refractivity contribution in [3.63, 3.8) is 0 Å². The fraction of sp³-hybridized carbons (Fsp3) is 0.294. The lowest BCUT2D eigenvalue weighted by molar-refractivity contribution is 0.253. The Bertz CT molecular complexity index is 644. The lowest BCUT2D eigenvalue weighted by Crippen LogP contribution is -2.33. The number of alkyl halides is 1. The number of fused-ring (bicyclic) bond motifs is 1. The molecule has 1 atom stereocenters. The normalized spacial score (nSPS) is 16.5. The van der Waals surface area contributed by atoms with Crippen molar-refractivity contribution >= 4 is 11.6 Å². The molecule has 0 N–H and O–H groups in total. The number of benzene rings is 2. The number of nitrogens with zero attached hydrogens (tertiary/aromatic N) is 1. The van der Waals surface area contributed by atoms with Crippen LogP contribution in [-0.4, -0.2) is 18.0 Å². The lowest BCUT2D eigenvalue weighted by Gasteiger charge is -2.30. The van der Waals surface area contributed by atoms with Crippen LogP contribution in [0, 0.1) is 11.6 Å². The first-order chi connectivity index (χ1) is 10.1. The van der Waals surface area contributed by atoms with Crippen molar-refractivity contribution in [2.24, 2.45) is 0 Å². The van der Waals surface area contributed by atoms with Crippen LogP contribution in [0.2, 0.25) is 0 Å². The zero-order chi connectivity index (χ0) is 14.8. The Morgan fingerprint density at radius 3 is 2.67 bits per heavy atom. The molecule has 0 aliphatic carbocycles. The Morgan fingerprint density at radius 1 is 1.10 bits per heavy atom. The van der Waals surface area contributed by atoms with Gasteiger partial charge in [0.25, 0.3) is 0 Å². The van der Waals surface area contributed by atoms with Crippen molar-refractivity contribution in [2.75, 3.05) is 13.1 Å². The van der Waals surface area contributed by atoms with Gasteiger partial charge in [-0.25, -0.2) is 8.78 Å². The number of hydrogen-bond donors (Lipinski definition) is 0. The fourth-order valence-electron chi connectivity index (χ4n) is 2.79. The largest absolute Gasteiger partial charge is 0.297 e. The predicted molar refractivity (Wildman–Crippen MR) is 80.4 cm³/mol. The maximum Gasteiger partial charge on any atom is 0.128 e. The summed E-state index contributed by atoms with van der Waals surface area (Å²) in [5.74, 6) is -0.908. The van der Waals surface area contributed by atoms with E-state index in [4.69, 9.17) is 11.6 Å². The van der Waals surface area contributed by atoms with Gasteiger partial charge in [-0.1, -0.05) is 24.3 Å². The summed E-state index contributed by atoms with van der Waals surface area (Å²) < 4.78 is 27.0. The SMILES string of the molecule is Fc1ccc(F)c(C(Cl)CN2CCc3ccccc3C2)c1. The van der Waals surface area contributed by atoms with E-state index < -0.39 is 17.0 Å². The molecule has 1 aliphatic rings. The van der Waals surface area contributed by atoms with Crippen LogP contribution < -0.4 is 0 Å². The molecule has 0 fully saturated rings. The van der Waals surface area contributed by atoms with Gasteiger partial charge in [-0.15, -0.1) is 11.6 Å². The van der Waals surface area contributed by atoms with Crippen molar-refractivity contribution < 1.29 is 8.78 Å². The molecule has 0 amide bonds. The maximum absolute atomic E-state index is 13.7. The van der Waals surface area contributed by atoms with Crippen LogP contribution in [0.1, 0.15) is 22.1 Å². The number of rotatable bonds is 3. The third-order valence-corrected chi connectivity index (χ3v) is 4.30. The van der Waals surface area contributed by atoms with Crippen molar-refractivity contribution in [1.82, 2.24) is 4.90 Å². The molecule has 2 aromatic carbocycles. The molecule has 1 nitrogen and oxygen atoms in total. The second kappa shape index (κ2) is 6.12. The average Bonchev–Trinajstić information content (AvgIpc) is 2.49. The minimum Gasteiger partial charge on any atom is -0.297 e. The van der Waals surface area contributed by atoms with E-state index >= 15 is 0 Å². The van der Waals surface area contributed by atoms with Gasteiger partial charge in [0.1, 0.15) is 11.6 Å². The van der Waals surface area contributed by atoms with Gasteiger partial charge in [-0.2, -0.15) is 0 Å². The monoisotopic (exact) mass is 307 g/mol. The minimum atomic E-state index is -0.550. The van der Waals surface area contributed by atoms with E-state index in [0.29, 0.717) is 6.54 Å². The van der Waals surface area contributed by atoms with Crippen molar-refractivity contribution in [3.8, 4) is 0 Å². The zero-order valence-corrected chi connectivity index (χ0v) is 12.3. The molecule has 1 aliphatic heterocycles. The molecule has 1 heterocycles. The molecule has 4 heteroatoms. The first-order valence-corrected chi connectivity index (χ1v) is 7.45. The van der Waals surface area contributed by atoms with Gasteiger partial charge < -0.3 is 0 Å². The quantitative estimate of drug-likeness (QED) is 0.764. The fourth-order valence-corrected chi connectivity index (χ4v) is 3.15. The Kier molecular flexibility index (Phi) is 4.22. The van der Waals surface area contributed by atoms with Crippen LogP contribution in [0.15, 0.2) is 42.5 Å². The van der Waals surface area contributed by atoms with Gasteiger partial charge in [0.2, 0.25) is 0 Å². The summed E-state index contributed by atoms with van der Waals surface area (Å²) in [4.78, 5) is 2.18. The molecule has 0 saturated heterocycles. The molecule has 0 spiro atoms. The highest BCUT2D eigenvalue weighted by molar-refractivity contribution is 6.21. The molecule has 110 valence electrons. The van der Waals surface area contributed by atoms with Gasteiger partial charge >= 0.3 is 0 Å². The van der Waals surface area contributed by atoms with E-state index in [-0.39, 0.29) is 5.56 Å². The minimum absolute atomic E-state index is 0.232. The van der Waals surface area contributed by atoms with Crippen LogP contribution in [0.5, 0.6) is 0 Å². The highest BCUT2D eigenvalue weighted by atomic mass is 35.5. The molecule has 0 radical (unpaired) electrons. The van der Waals surface area contributed by atoms with E-state index in [0.717, 1.165) is 31.6 Å². The molecule has 0 aromatic heterocycles. The zero-order valence-electron chi connectivity index (χ0n) is 11.5. The Hall–Kier alpha value is -1.45. The summed E-state index contributed by atoms with van der Waals surface area (Å²) in [6.07, 6.45) is 0.964. The summed E-state index contributed by atoms with van der Waals surface area (Å²) in [6, 6.07) is 11.7. The Balaban J connectivity index is 1.71. The molecule has 2 aromatic rings. The highest BCUT2D eigenvalue weighted by Gasteiger charge is 2.21. The molecule has 3 rings (SSSR count). The van der Waals surface area contributed by atoms with Crippen LogP contribution >= 0.6 is 11.6 Å². The third-order valence-electron chi connectivity index (χ3n) is 3.92. The van der Waals surface area contributed by atoms with Crippen LogP contribution in [0.4, 0.5) is 8.78 Å². The van der Waals surface area contributed by atoms with Crippen molar-refractivity contribution in [1.29, 1.82) is 0 Å². The maximum atomic E-state index is 13.7. The molecular weight excluding hydrogens is 292 g/mol. The molecular formula is C17H16ClF2N. The van der Waals surface area contributed by atoms with Gasteiger partial charge in [0.15, 0.2) is 0 Å². The lowest BCUT2D eigenvalue weighted by atomic mass is 9.99. The Labute approximate surface area is 128 Å². The van der Waals surface area contributed by atoms with Gasteiger partial charge in [0.05, 0.1) is 5.38 Å². The highest BCUT2D eigenvalue weighted by Crippen LogP contribution is 2.27. The first-order valence-electron chi connectivity index (χ1n) is 7.01. The number of hydrogen-bond acceptors (Lipinski definition) is 1. The predicted octanol–water partition coefficient (Wildman–Crippen LogP) is 4.30. The molecule has 1 unspecified atom stereocenters. The summed E-state index contributed by atoms with van der Waals surface area (Å²) in [5, 5.41) is -0.550. The van der Waals surface area contributed by atoms with Crippen LogP contribution in [0.25, 0.3) is 0 Å². The van der Waals surface area contributed by atoms with E-state index in [9.17, 15) is 8.78 Å². The summed E-state index contributed by atoms with van der Waals surface area (Å²) in [5.41, 5.74) is 2.87. The van der Waals surface area contributed by atoms with E-state index in [2.05, 4.69) is 17.0 Å². The molecule has 0 saturated carbocycles. The summed E-state index contributed by atoms with van der Waals surface area (Å²) in [6.45, 7) is 2.20. The molecule has 0 bridgehead atoms. The topological polar surface area (TPSA) is 3.24 Å². The second-order valence-electron chi connectivity index (χ2n) is 5.39. The smallest absolute Gasteiger partial charge is 0.128 e. The van der Waals surface area contributed by atoms with Gasteiger partial charge in [0, 0.05) is 25.2 Å². The molecule has 21 heavy (non-hydrogen) atoms. The Morgan fingerprint density at radius 2 is 1.86 bits per heavy atom. The third kappa shape index (κ3) is 3.25. The standard InChI is InChI=1S/C17H16ClF2N/c18-16(15-9-14(19)5-6-17(15)20)11-21-8-7-12-3-1-2-4-13(12)10-21/h1-6,9,16H,7-8,10-11H2. The van der Waals surface area contributed by atoms with Crippen LogP contribution in [0.3, 0.4) is 0 Å². The average molecular weight is 308 g/mol. The first kappa shape index (κ1) is 14.5. The van der Waals surface area contributed by atoms with Crippen molar-refractivity contribution in [3.05, 3.63) is 70.8 Å². The summed E-state index contributed by atoms with van der Waals surface area (Å²) in [7, 11) is 0. The van der Waals surface area contributed by atoms with Crippen molar-refractivity contribution in [2.45, 2.75) is 18.3 Å². The second-order valence-corrected chi connectivity index (χ2v) is 5.91. The summed E-state index contributed by atoms with van der Waals surface area (Å²) >= 11 is 6.30. The van der Waals surface area contributed by atoms with E-state index in [1.807, 2.05) is 12.1 Å². The van der Waals surface area contributed by atoms with E-state index in [1.54, 1.807) is 0 Å². The van der Waals surface area contributed by atoms with E-state index in [1.165, 1.54) is 17.2 Å². The van der Waals surface area contributed by atoms with Crippen LogP contribution in [-0.2, 0) is 13.0 Å². The van der Waals surface area contributed by atoms with Gasteiger partial charge in [-0.05, 0) is 35.7 Å². The van der Waals surface area contributed by atoms with Gasteiger partial charge in [-0.3, -0.25) is 4.90 Å². The number of halogens is 3.